The van der Waals surface area contributed by atoms with Crippen molar-refractivity contribution < 1.29 is 73.5 Å². The molecule has 6 aromatic carbocycles. The molecule has 6 heterocycles. The van der Waals surface area contributed by atoms with E-state index >= 15 is 0 Å². The van der Waals surface area contributed by atoms with Crippen LogP contribution in [0.5, 0.6) is 0 Å². The first-order valence-electron chi connectivity index (χ1n) is 37.1. The van der Waals surface area contributed by atoms with Gasteiger partial charge in [-0.05, 0) is 181 Å². The number of pyridine rings is 6. The molecule has 0 fully saturated rings. The number of benzene rings is 6. The molecule has 0 aliphatic rings. The Labute approximate surface area is 681 Å². The van der Waals surface area contributed by atoms with Crippen molar-refractivity contribution in [1.82, 2.24) is 28.7 Å². The Hall–Kier alpha value is -12.4. The van der Waals surface area contributed by atoms with Gasteiger partial charge in [0.1, 0.15) is 18.1 Å². The van der Waals surface area contributed by atoms with Gasteiger partial charge in [0.15, 0.2) is 17.3 Å². The standard InChI is InChI=1S/C32H32N2O4.2C31H30N2O4.Li.2H2O/c1-21-13-14-29(36)34(20-21)32(24-11-6-5-7-12-24)28(35)16-25(17-30(37)38-4)26-15-27(19-33-18-26)31-22(2)9-8-10-23(31)3;2*1-20-12-13-28(35)33(19-20)31(23-10-5-4-6-11-23)27(34)15-24(16-29(36)37)25-14-26(18-32-17-25)30-21(2)8-7-9-22(30)3;;;/h5-15,18-20,25,32H,16-17H2,1-4H3;2*4-14,17-19,24,31H,15-16H2,1-3H3,(H,36,37);;2*1H2/q;;;+1;;/p-1/t25-,32?;24-,31+;24-,31-;;;/m000.../s1. The number of carbonyl (C=O) groups excluding carboxylic acids is 4. The third kappa shape index (κ3) is 23.1. The molecular weight excluding hydrogens is 1440 g/mol. The second-order valence-electron chi connectivity index (χ2n) is 28.7. The molecule has 0 aliphatic heterocycles. The van der Waals surface area contributed by atoms with Gasteiger partial charge in [0.25, 0.3) is 16.7 Å². The van der Waals surface area contributed by atoms with Gasteiger partial charge < -0.3 is 39.6 Å². The van der Waals surface area contributed by atoms with Crippen LogP contribution in [0.2, 0.25) is 0 Å². The fourth-order valence-corrected chi connectivity index (χ4v) is 14.8. The molecule has 0 radical (unpaired) electrons. The van der Waals surface area contributed by atoms with Crippen molar-refractivity contribution in [1.29, 1.82) is 0 Å². The van der Waals surface area contributed by atoms with E-state index in [1.807, 2.05) is 200 Å². The molecule has 6 atom stereocenters. The minimum atomic E-state index is -1.00. The Morgan fingerprint density at radius 3 is 0.835 bits per heavy atom. The molecule has 21 heteroatoms. The molecule has 586 valence electrons. The van der Waals surface area contributed by atoms with Gasteiger partial charge in [0, 0.05) is 128 Å². The second-order valence-corrected chi connectivity index (χ2v) is 28.7. The summed E-state index contributed by atoms with van der Waals surface area (Å²) in [6.45, 7) is 17.8. The Morgan fingerprint density at radius 2 is 0.591 bits per heavy atom. The van der Waals surface area contributed by atoms with Crippen molar-refractivity contribution >= 4 is 35.3 Å². The van der Waals surface area contributed by atoms with Crippen molar-refractivity contribution in [3.8, 4) is 33.4 Å². The van der Waals surface area contributed by atoms with E-state index in [2.05, 4.69) is 40.9 Å². The van der Waals surface area contributed by atoms with Crippen LogP contribution in [-0.2, 0) is 33.5 Å². The van der Waals surface area contributed by atoms with Crippen LogP contribution in [0.25, 0.3) is 33.4 Å². The van der Waals surface area contributed by atoms with Crippen LogP contribution in [0.4, 0.5) is 0 Å². The number of rotatable bonds is 27. The minimum absolute atomic E-state index is 0. The van der Waals surface area contributed by atoms with E-state index in [-0.39, 0.29) is 102 Å². The van der Waals surface area contributed by atoms with Crippen molar-refractivity contribution in [3.63, 3.8) is 0 Å². The number of aliphatic carboxylic acids is 2. The fourth-order valence-electron chi connectivity index (χ4n) is 14.8. The van der Waals surface area contributed by atoms with Crippen LogP contribution in [-0.4, -0.2) is 92.2 Å². The van der Waals surface area contributed by atoms with Crippen LogP contribution in [0.3, 0.4) is 0 Å². The van der Waals surface area contributed by atoms with E-state index in [1.165, 1.54) is 39.0 Å². The Morgan fingerprint density at radius 1 is 0.339 bits per heavy atom. The van der Waals surface area contributed by atoms with Crippen LogP contribution < -0.4 is 35.5 Å². The number of Topliss-reactive ketones (excluding diaryl/α,β-unsaturated/α-hetero) is 3. The number of carboxylic acid groups (broad SMARTS) is 2. The van der Waals surface area contributed by atoms with Gasteiger partial charge in [-0.1, -0.05) is 164 Å². The number of carbonyl (C=O) groups is 6. The molecule has 0 spiro atoms. The molecule has 12 aromatic rings. The van der Waals surface area contributed by atoms with Gasteiger partial charge in [-0.15, -0.1) is 0 Å². The van der Waals surface area contributed by atoms with Crippen LogP contribution in [0, 0.1) is 62.3 Å². The number of hydrogen-bond donors (Lipinski definition) is 2. The van der Waals surface area contributed by atoms with Gasteiger partial charge in [0.05, 0.1) is 26.4 Å². The maximum atomic E-state index is 14.0. The normalized spacial score (nSPS) is 12.3. The number of esters is 1. The topological polar surface area (TPSA) is 318 Å². The molecule has 115 heavy (non-hydrogen) atoms. The Bertz CT molecular complexity index is 5300. The van der Waals surface area contributed by atoms with Crippen molar-refractivity contribution in [3.05, 3.63) is 370 Å². The molecule has 0 bridgehead atoms. The maximum Gasteiger partial charge on any atom is 1.00 e. The molecule has 20 nitrogen and oxygen atoms in total. The quantitative estimate of drug-likeness (QED) is 0.0357. The summed E-state index contributed by atoms with van der Waals surface area (Å²) in [5.74, 6) is -4.73. The molecule has 5 N–H and O–H groups in total. The Balaban J connectivity index is 0.000000236. The summed E-state index contributed by atoms with van der Waals surface area (Å²) in [5.41, 5.74) is 18.4. The minimum Gasteiger partial charge on any atom is -0.870 e. The summed E-state index contributed by atoms with van der Waals surface area (Å²) in [4.78, 5) is 130. The van der Waals surface area contributed by atoms with Crippen molar-refractivity contribution in [2.75, 3.05) is 7.11 Å². The zero-order chi connectivity index (χ0) is 80.3. The van der Waals surface area contributed by atoms with E-state index in [4.69, 9.17) is 4.74 Å². The number of carboxylic acids is 2. The van der Waals surface area contributed by atoms with E-state index < -0.39 is 53.8 Å². The smallest absolute Gasteiger partial charge is 0.870 e. The van der Waals surface area contributed by atoms with E-state index in [0.29, 0.717) is 27.8 Å². The molecule has 1 unspecified atom stereocenters. The number of hydrogen-bond acceptors (Lipinski definition) is 14. The summed E-state index contributed by atoms with van der Waals surface area (Å²) in [6, 6.07) is 58.5. The molecule has 0 saturated carbocycles. The SMILES string of the molecule is COC(=O)C[C@H](CC(=O)C(c1ccccc1)n1cc(C)ccc1=O)c1cncc(-c2c(C)cccc2C)c1.Cc1ccc(=O)n([C@@H](C(=O)C[C@@H](CC(=O)O)c2cncc(-c3c(C)cccc3C)c2)c2ccccc2)c1.Cc1ccc(=O)n([C@H](C(=O)C[C@@H](CC(=O)O)c2cncc(-c3c(C)cccc3C)c2)c2ccccc2)c1.O.[Li+].[OH-]. The number of aryl methyl sites for hydroxylation is 9. The van der Waals surface area contributed by atoms with Gasteiger partial charge in [-0.3, -0.25) is 58.1 Å². The third-order valence-corrected chi connectivity index (χ3v) is 20.2. The molecule has 6 aromatic heterocycles. The van der Waals surface area contributed by atoms with Crippen LogP contribution in [0.15, 0.2) is 270 Å². The van der Waals surface area contributed by atoms with Crippen LogP contribution in [0.1, 0.15) is 158 Å². The predicted octanol–water partition coefficient (Wildman–Crippen LogP) is 13.0. The average molecular weight is 1540 g/mol. The summed E-state index contributed by atoms with van der Waals surface area (Å²) in [7, 11) is 1.34. The monoisotopic (exact) mass is 1540 g/mol. The van der Waals surface area contributed by atoms with Gasteiger partial charge in [-0.2, -0.15) is 0 Å². The molecule has 12 rings (SSSR count). The zero-order valence-electron chi connectivity index (χ0n) is 66.6. The van der Waals surface area contributed by atoms with E-state index in [9.17, 15) is 53.4 Å². The van der Waals surface area contributed by atoms with Gasteiger partial charge >= 0.3 is 36.8 Å². The first-order chi connectivity index (χ1) is 53.8. The Kier molecular flexibility index (Phi) is 32.7. The summed E-state index contributed by atoms with van der Waals surface area (Å²) < 4.78 is 9.34. The maximum absolute atomic E-state index is 14.0. The second kappa shape index (κ2) is 41.9. The number of nitrogens with zero attached hydrogens (tertiary/aromatic N) is 6. The first-order valence-corrected chi connectivity index (χ1v) is 37.1. The van der Waals surface area contributed by atoms with Gasteiger partial charge in [0.2, 0.25) is 0 Å². The van der Waals surface area contributed by atoms with E-state index in [0.717, 1.165) is 89.0 Å². The van der Waals surface area contributed by atoms with Crippen LogP contribution >= 0.6 is 0 Å². The summed E-state index contributed by atoms with van der Waals surface area (Å²) >= 11 is 0. The molecule has 0 aliphatic carbocycles. The van der Waals surface area contributed by atoms with Crippen molar-refractivity contribution in [2.45, 2.75) is 137 Å². The zero-order valence-corrected chi connectivity index (χ0v) is 66.6. The molecule has 0 amide bonds. The first kappa shape index (κ1) is 89.8. The predicted molar refractivity (Wildman–Crippen MR) is 441 cm³/mol. The van der Waals surface area contributed by atoms with Gasteiger partial charge in [-0.25, -0.2) is 0 Å². The third-order valence-electron chi connectivity index (χ3n) is 20.2. The average Bonchev–Trinajstić information content (AvgIpc) is 0.807. The largest absolute Gasteiger partial charge is 1.00 e. The summed E-state index contributed by atoms with van der Waals surface area (Å²) in [5, 5.41) is 19.4. The fraction of sp³-hybridized carbons (Fsp3) is 0.234. The number of methoxy groups -OCH3 is 1. The molecular formula is C94H95LiN6O14. The number of aromatic nitrogens is 6. The van der Waals surface area contributed by atoms with E-state index in [1.54, 1.807) is 74.0 Å². The number of ether oxygens (including phenoxy) is 1. The number of ketones is 3. The van der Waals surface area contributed by atoms with Crippen molar-refractivity contribution in [2.24, 2.45) is 0 Å². The summed E-state index contributed by atoms with van der Waals surface area (Å²) in [6.07, 6.45) is 14.8. The molecule has 0 saturated heterocycles.